The molecule has 1 saturated heterocycles. The molecule has 0 bridgehead atoms. The Kier molecular flexibility index (Phi) is 6.84. The van der Waals surface area contributed by atoms with Crippen molar-refractivity contribution in [3.63, 3.8) is 0 Å². The lowest BCUT2D eigenvalue weighted by Crippen LogP contribution is -2.38. The number of nitrogens with zero attached hydrogens (tertiary/aromatic N) is 1. The third-order valence-corrected chi connectivity index (χ3v) is 6.66. The predicted octanol–water partition coefficient (Wildman–Crippen LogP) is 5.11. The molecule has 3 aromatic carbocycles. The van der Waals surface area contributed by atoms with Gasteiger partial charge in [-0.3, -0.25) is 9.69 Å². The number of ether oxygens (including phenoxy) is 3. The standard InChI is InChI=1S/C29H30N2O4/c1-20-24(18-31-13-15-34-16-14-31)19-35-28-17-25(9-12-27(20)28)30-29(32)23-5-3-21(4-6-23)22-7-10-26(33-2)11-8-22/h3-12,17H,13-16,18-19H2,1-2H3,(H,30,32). The van der Waals surface area contributed by atoms with Crippen molar-refractivity contribution in [1.29, 1.82) is 0 Å². The second-order valence-corrected chi connectivity index (χ2v) is 8.88. The minimum atomic E-state index is -0.151. The number of amides is 1. The fraction of sp³-hybridized carbons (Fsp3) is 0.276. The molecule has 0 atom stereocenters. The summed E-state index contributed by atoms with van der Waals surface area (Å²) >= 11 is 0. The van der Waals surface area contributed by atoms with Crippen molar-refractivity contribution in [2.75, 3.05) is 51.9 Å². The van der Waals surface area contributed by atoms with Crippen molar-refractivity contribution in [2.45, 2.75) is 6.92 Å². The maximum atomic E-state index is 12.9. The largest absolute Gasteiger partial charge is 0.497 e. The molecule has 0 saturated carbocycles. The number of nitrogens with one attached hydrogen (secondary N) is 1. The first-order valence-corrected chi connectivity index (χ1v) is 11.9. The van der Waals surface area contributed by atoms with Gasteiger partial charge in [0.25, 0.3) is 5.91 Å². The third-order valence-electron chi connectivity index (χ3n) is 6.66. The third kappa shape index (κ3) is 5.24. The van der Waals surface area contributed by atoms with E-state index in [9.17, 15) is 4.79 Å². The highest BCUT2D eigenvalue weighted by molar-refractivity contribution is 6.04. The summed E-state index contributed by atoms with van der Waals surface area (Å²) in [5.41, 5.74) is 7.07. The van der Waals surface area contributed by atoms with Crippen molar-refractivity contribution in [1.82, 2.24) is 4.90 Å². The molecular weight excluding hydrogens is 440 g/mol. The highest BCUT2D eigenvalue weighted by Gasteiger charge is 2.21. The van der Waals surface area contributed by atoms with Crippen LogP contribution in [0.25, 0.3) is 16.7 Å². The summed E-state index contributed by atoms with van der Waals surface area (Å²) in [7, 11) is 1.65. The molecule has 3 aromatic rings. The summed E-state index contributed by atoms with van der Waals surface area (Å²) in [6.07, 6.45) is 0. The van der Waals surface area contributed by atoms with Gasteiger partial charge in [0, 0.05) is 42.5 Å². The summed E-state index contributed by atoms with van der Waals surface area (Å²) in [4.78, 5) is 15.3. The van der Waals surface area contributed by atoms with Crippen LogP contribution in [0.2, 0.25) is 0 Å². The number of morpholine rings is 1. The fourth-order valence-electron chi connectivity index (χ4n) is 4.49. The molecule has 2 aliphatic rings. The summed E-state index contributed by atoms with van der Waals surface area (Å²) in [5, 5.41) is 3.00. The van der Waals surface area contributed by atoms with Crippen LogP contribution in [0.1, 0.15) is 22.8 Å². The van der Waals surface area contributed by atoms with Crippen molar-refractivity contribution >= 4 is 17.2 Å². The number of carbonyl (C=O) groups excluding carboxylic acids is 1. The molecule has 6 nitrogen and oxygen atoms in total. The SMILES string of the molecule is COc1ccc(-c2ccc(C(=O)Nc3ccc4c(c3)OCC(CN3CCOCC3)=C4C)cc2)cc1. The van der Waals surface area contributed by atoms with Gasteiger partial charge in [0.05, 0.1) is 20.3 Å². The Labute approximate surface area is 206 Å². The second kappa shape index (κ2) is 10.3. The van der Waals surface area contributed by atoms with Crippen LogP contribution >= 0.6 is 0 Å². The lowest BCUT2D eigenvalue weighted by Gasteiger charge is -2.30. The van der Waals surface area contributed by atoms with Gasteiger partial charge < -0.3 is 19.5 Å². The molecule has 0 radical (unpaired) electrons. The number of allylic oxidation sites excluding steroid dienone is 1. The molecule has 1 N–H and O–H groups in total. The minimum Gasteiger partial charge on any atom is -0.497 e. The molecule has 2 heterocycles. The summed E-state index contributed by atoms with van der Waals surface area (Å²) in [6, 6.07) is 21.3. The number of hydrogen-bond acceptors (Lipinski definition) is 5. The van der Waals surface area contributed by atoms with E-state index >= 15 is 0 Å². The highest BCUT2D eigenvalue weighted by Crippen LogP contribution is 2.35. The number of anilines is 1. The Morgan fingerprint density at radius 3 is 2.34 bits per heavy atom. The van der Waals surface area contributed by atoms with Gasteiger partial charge in [-0.05, 0) is 65.6 Å². The molecule has 1 fully saturated rings. The van der Waals surface area contributed by atoms with Crippen LogP contribution in [-0.4, -0.2) is 57.4 Å². The van der Waals surface area contributed by atoms with E-state index in [2.05, 4.69) is 17.1 Å². The van der Waals surface area contributed by atoms with Crippen molar-refractivity contribution in [2.24, 2.45) is 0 Å². The summed E-state index contributed by atoms with van der Waals surface area (Å²) in [6.45, 7) is 7.11. The van der Waals surface area contributed by atoms with E-state index in [1.807, 2.05) is 66.7 Å². The highest BCUT2D eigenvalue weighted by atomic mass is 16.5. The zero-order valence-corrected chi connectivity index (χ0v) is 20.2. The summed E-state index contributed by atoms with van der Waals surface area (Å²) < 4.78 is 16.8. The van der Waals surface area contributed by atoms with E-state index in [0.717, 1.165) is 66.7 Å². The van der Waals surface area contributed by atoms with Crippen molar-refractivity contribution in [3.8, 4) is 22.6 Å². The maximum Gasteiger partial charge on any atom is 0.255 e. The summed E-state index contributed by atoms with van der Waals surface area (Å²) in [5.74, 6) is 1.47. The van der Waals surface area contributed by atoms with Crippen LogP contribution < -0.4 is 14.8 Å². The molecular formula is C29H30N2O4. The fourth-order valence-corrected chi connectivity index (χ4v) is 4.49. The molecule has 1 amide bonds. The normalized spacial score (nSPS) is 15.8. The Balaban J connectivity index is 1.25. The van der Waals surface area contributed by atoms with Crippen LogP contribution in [0.15, 0.2) is 72.3 Å². The van der Waals surface area contributed by atoms with Crippen LogP contribution in [0.5, 0.6) is 11.5 Å². The van der Waals surface area contributed by atoms with Gasteiger partial charge in [-0.25, -0.2) is 0 Å². The lowest BCUT2D eigenvalue weighted by atomic mass is 9.97. The van der Waals surface area contributed by atoms with Gasteiger partial charge >= 0.3 is 0 Å². The molecule has 0 aliphatic carbocycles. The van der Waals surface area contributed by atoms with E-state index in [-0.39, 0.29) is 5.91 Å². The first-order chi connectivity index (χ1) is 17.1. The van der Waals surface area contributed by atoms with Gasteiger partial charge in [0.2, 0.25) is 0 Å². The van der Waals surface area contributed by atoms with Crippen LogP contribution in [-0.2, 0) is 4.74 Å². The molecule has 2 aliphatic heterocycles. The molecule has 35 heavy (non-hydrogen) atoms. The molecule has 0 unspecified atom stereocenters. The average Bonchev–Trinajstić information content (AvgIpc) is 2.91. The van der Waals surface area contributed by atoms with E-state index < -0.39 is 0 Å². The molecule has 0 aromatic heterocycles. The number of fused-ring (bicyclic) bond motifs is 1. The Morgan fingerprint density at radius 2 is 1.66 bits per heavy atom. The smallest absolute Gasteiger partial charge is 0.255 e. The van der Waals surface area contributed by atoms with E-state index in [4.69, 9.17) is 14.2 Å². The number of carbonyl (C=O) groups is 1. The van der Waals surface area contributed by atoms with Gasteiger partial charge in [0.15, 0.2) is 0 Å². The number of benzene rings is 3. The van der Waals surface area contributed by atoms with Gasteiger partial charge in [-0.1, -0.05) is 24.3 Å². The van der Waals surface area contributed by atoms with Crippen molar-refractivity contribution in [3.05, 3.63) is 83.4 Å². The number of methoxy groups -OCH3 is 1. The second-order valence-electron chi connectivity index (χ2n) is 8.88. The van der Waals surface area contributed by atoms with Crippen LogP contribution in [0.4, 0.5) is 5.69 Å². The zero-order valence-electron chi connectivity index (χ0n) is 20.2. The van der Waals surface area contributed by atoms with Gasteiger partial charge in [-0.2, -0.15) is 0 Å². The predicted molar refractivity (Wildman–Crippen MR) is 138 cm³/mol. The molecule has 5 rings (SSSR count). The Morgan fingerprint density at radius 1 is 0.971 bits per heavy atom. The monoisotopic (exact) mass is 470 g/mol. The Hall–Kier alpha value is -3.61. The van der Waals surface area contributed by atoms with Gasteiger partial charge in [-0.15, -0.1) is 0 Å². The van der Waals surface area contributed by atoms with Crippen LogP contribution in [0.3, 0.4) is 0 Å². The van der Waals surface area contributed by atoms with Gasteiger partial charge in [0.1, 0.15) is 18.1 Å². The Bertz CT molecular complexity index is 1230. The number of rotatable bonds is 6. The molecule has 6 heteroatoms. The van der Waals surface area contributed by atoms with E-state index in [1.165, 1.54) is 11.1 Å². The molecule has 0 spiro atoms. The number of hydrogen-bond donors (Lipinski definition) is 1. The molecule has 180 valence electrons. The van der Waals surface area contributed by atoms with E-state index in [1.54, 1.807) is 7.11 Å². The maximum absolute atomic E-state index is 12.9. The average molecular weight is 471 g/mol. The quantitative estimate of drug-likeness (QED) is 0.542. The topological polar surface area (TPSA) is 60.0 Å². The minimum absolute atomic E-state index is 0.151. The first kappa shape index (κ1) is 23.1. The van der Waals surface area contributed by atoms with E-state index in [0.29, 0.717) is 12.2 Å². The lowest BCUT2D eigenvalue weighted by molar-refractivity contribution is 0.0413. The first-order valence-electron chi connectivity index (χ1n) is 11.9. The van der Waals surface area contributed by atoms with Crippen LogP contribution in [0, 0.1) is 0 Å². The zero-order chi connectivity index (χ0) is 24.2. The van der Waals surface area contributed by atoms with Crippen molar-refractivity contribution < 1.29 is 19.0 Å².